The lowest BCUT2D eigenvalue weighted by Gasteiger charge is -2.07. The molecule has 21 heavy (non-hydrogen) atoms. The van der Waals surface area contributed by atoms with Crippen LogP contribution in [0.2, 0.25) is 0 Å². The fourth-order valence-electron chi connectivity index (χ4n) is 1.40. The Hall–Kier alpha value is -2.07. The first-order chi connectivity index (χ1) is 9.70. The van der Waals surface area contributed by atoms with Crippen molar-refractivity contribution in [1.82, 2.24) is 0 Å². The number of carbonyl (C=O) groups is 1. The summed E-state index contributed by atoms with van der Waals surface area (Å²) in [7, 11) is -4.23. The summed E-state index contributed by atoms with van der Waals surface area (Å²) in [5.74, 6) is -6.13. The molecular formula is C11H6F3NO4S2. The molecule has 0 amide bonds. The van der Waals surface area contributed by atoms with E-state index in [4.69, 9.17) is 5.11 Å². The van der Waals surface area contributed by atoms with Gasteiger partial charge in [-0.1, -0.05) is 0 Å². The first-order valence-electron chi connectivity index (χ1n) is 5.20. The molecule has 5 nitrogen and oxygen atoms in total. The van der Waals surface area contributed by atoms with Crippen LogP contribution >= 0.6 is 11.3 Å². The highest BCUT2D eigenvalue weighted by atomic mass is 32.2. The summed E-state index contributed by atoms with van der Waals surface area (Å²) in [4.78, 5) is 10.1. The van der Waals surface area contributed by atoms with E-state index in [1.54, 1.807) is 0 Å². The number of anilines is 1. The number of benzene rings is 1. The smallest absolute Gasteiger partial charge is 0.345 e. The van der Waals surface area contributed by atoms with Crippen LogP contribution in [0.15, 0.2) is 28.5 Å². The predicted octanol–water partition coefficient (Wildman–Crippen LogP) is 2.66. The van der Waals surface area contributed by atoms with Crippen molar-refractivity contribution in [3.8, 4) is 0 Å². The molecule has 1 heterocycles. The van der Waals surface area contributed by atoms with Gasteiger partial charge in [0.1, 0.15) is 4.88 Å². The molecule has 1 aromatic heterocycles. The average molecular weight is 337 g/mol. The summed E-state index contributed by atoms with van der Waals surface area (Å²) in [5, 5.41) is 9.77. The summed E-state index contributed by atoms with van der Waals surface area (Å²) < 4.78 is 64.4. The average Bonchev–Trinajstić information content (AvgIpc) is 2.85. The molecule has 0 spiro atoms. The normalized spacial score (nSPS) is 11.4. The Bertz CT molecular complexity index is 794. The van der Waals surface area contributed by atoms with Crippen LogP contribution in [0.1, 0.15) is 9.67 Å². The lowest BCUT2D eigenvalue weighted by atomic mass is 10.3. The topological polar surface area (TPSA) is 83.5 Å². The van der Waals surface area contributed by atoms with Crippen LogP contribution in [0.5, 0.6) is 0 Å². The molecule has 1 aromatic carbocycles. The molecular weight excluding hydrogens is 331 g/mol. The van der Waals surface area contributed by atoms with E-state index >= 15 is 0 Å². The Morgan fingerprint density at radius 1 is 1.14 bits per heavy atom. The number of hydrogen-bond acceptors (Lipinski definition) is 4. The molecule has 112 valence electrons. The number of carboxylic acids is 1. The third-order valence-corrected chi connectivity index (χ3v) is 4.76. The van der Waals surface area contributed by atoms with Gasteiger partial charge in [-0.2, -0.15) is 0 Å². The fraction of sp³-hybridized carbons (Fsp3) is 0. The summed E-state index contributed by atoms with van der Waals surface area (Å²) >= 11 is 0.677. The molecule has 2 N–H and O–H groups in total. The van der Waals surface area contributed by atoms with Gasteiger partial charge < -0.3 is 5.11 Å². The lowest BCUT2D eigenvalue weighted by molar-refractivity contribution is 0.0702. The van der Waals surface area contributed by atoms with Crippen molar-refractivity contribution in [2.24, 2.45) is 0 Å². The zero-order chi connectivity index (χ0) is 15.8. The highest BCUT2D eigenvalue weighted by Crippen LogP contribution is 2.24. The van der Waals surface area contributed by atoms with Crippen LogP contribution in [0.25, 0.3) is 0 Å². The van der Waals surface area contributed by atoms with Crippen molar-refractivity contribution in [3.63, 3.8) is 0 Å². The van der Waals surface area contributed by atoms with Gasteiger partial charge in [-0.3, -0.25) is 4.72 Å². The molecule has 0 unspecified atom stereocenters. The number of aromatic carboxylic acids is 1. The van der Waals surface area contributed by atoms with E-state index in [1.807, 2.05) is 4.72 Å². The summed E-state index contributed by atoms with van der Waals surface area (Å²) in [6, 6.07) is 1.84. The van der Waals surface area contributed by atoms with Crippen molar-refractivity contribution in [2.45, 2.75) is 4.90 Å². The van der Waals surface area contributed by atoms with E-state index in [2.05, 4.69) is 0 Å². The Balaban J connectivity index is 2.35. The Morgan fingerprint density at radius 3 is 2.19 bits per heavy atom. The first kappa shape index (κ1) is 15.3. The fourth-order valence-corrected chi connectivity index (χ4v) is 3.55. The third-order valence-electron chi connectivity index (χ3n) is 2.33. The van der Waals surface area contributed by atoms with Crippen LogP contribution in [-0.2, 0) is 10.0 Å². The number of hydrogen-bond donors (Lipinski definition) is 2. The Morgan fingerprint density at radius 2 is 1.71 bits per heavy atom. The van der Waals surface area contributed by atoms with E-state index in [9.17, 15) is 26.4 Å². The van der Waals surface area contributed by atoms with Gasteiger partial charge in [0, 0.05) is 17.5 Å². The van der Waals surface area contributed by atoms with E-state index in [0.717, 1.165) is 11.4 Å². The number of carboxylic acid groups (broad SMARTS) is 1. The van der Waals surface area contributed by atoms with Gasteiger partial charge in [-0.05, 0) is 6.07 Å². The number of halogens is 3. The molecule has 10 heteroatoms. The molecule has 0 bridgehead atoms. The molecule has 0 fully saturated rings. The van der Waals surface area contributed by atoms with Gasteiger partial charge in [0.05, 0.1) is 10.6 Å². The Labute approximate surface area is 120 Å². The maximum Gasteiger partial charge on any atom is 0.345 e. The van der Waals surface area contributed by atoms with Gasteiger partial charge in [0.2, 0.25) is 0 Å². The second-order valence-corrected chi connectivity index (χ2v) is 6.40. The zero-order valence-corrected chi connectivity index (χ0v) is 11.6. The standard InChI is InChI=1S/C11H6F3NO4S2/c12-7-1-5(2-8(13)10(7)14)15-21(18,19)6-3-9(11(16)17)20-4-6/h1-4,15H,(H,16,17). The lowest BCUT2D eigenvalue weighted by Crippen LogP contribution is -2.13. The molecule has 0 aliphatic rings. The molecule has 0 aliphatic heterocycles. The van der Waals surface area contributed by atoms with Crippen LogP contribution < -0.4 is 4.72 Å². The zero-order valence-electron chi connectivity index (χ0n) is 9.93. The monoisotopic (exact) mass is 337 g/mol. The third kappa shape index (κ3) is 3.16. The second-order valence-electron chi connectivity index (χ2n) is 3.81. The minimum atomic E-state index is -4.23. The maximum atomic E-state index is 13.0. The highest BCUT2D eigenvalue weighted by Gasteiger charge is 2.20. The molecule has 0 aliphatic carbocycles. The number of thiophene rings is 1. The van der Waals surface area contributed by atoms with Gasteiger partial charge in [-0.15, -0.1) is 11.3 Å². The van der Waals surface area contributed by atoms with Crippen LogP contribution in [0, 0.1) is 17.5 Å². The van der Waals surface area contributed by atoms with Crippen LogP contribution in [0.3, 0.4) is 0 Å². The van der Waals surface area contributed by atoms with Gasteiger partial charge >= 0.3 is 5.97 Å². The largest absolute Gasteiger partial charge is 0.477 e. The molecule has 0 atom stereocenters. The minimum Gasteiger partial charge on any atom is -0.477 e. The summed E-state index contributed by atoms with van der Waals surface area (Å²) in [6.07, 6.45) is 0. The molecule has 2 aromatic rings. The van der Waals surface area contributed by atoms with Crippen molar-refractivity contribution in [2.75, 3.05) is 4.72 Å². The number of sulfonamides is 1. The van der Waals surface area contributed by atoms with E-state index in [1.165, 1.54) is 0 Å². The molecule has 0 saturated heterocycles. The van der Waals surface area contributed by atoms with Crippen molar-refractivity contribution in [3.05, 3.63) is 45.9 Å². The van der Waals surface area contributed by atoms with Gasteiger partial charge in [0.25, 0.3) is 10.0 Å². The van der Waals surface area contributed by atoms with Crippen molar-refractivity contribution in [1.29, 1.82) is 0 Å². The van der Waals surface area contributed by atoms with Crippen LogP contribution in [0.4, 0.5) is 18.9 Å². The van der Waals surface area contributed by atoms with Crippen molar-refractivity contribution >= 4 is 33.0 Å². The summed E-state index contributed by atoms with van der Waals surface area (Å²) in [5.41, 5.74) is -0.519. The van der Waals surface area contributed by atoms with Gasteiger partial charge in [0.15, 0.2) is 17.5 Å². The van der Waals surface area contributed by atoms with E-state index in [0.29, 0.717) is 23.5 Å². The maximum absolute atomic E-state index is 13.0. The predicted molar refractivity (Wildman–Crippen MR) is 68.4 cm³/mol. The van der Waals surface area contributed by atoms with Crippen LogP contribution in [-0.4, -0.2) is 19.5 Å². The van der Waals surface area contributed by atoms with E-state index in [-0.39, 0.29) is 9.77 Å². The van der Waals surface area contributed by atoms with Gasteiger partial charge in [-0.25, -0.2) is 26.4 Å². The summed E-state index contributed by atoms with van der Waals surface area (Å²) in [6.45, 7) is 0. The van der Waals surface area contributed by atoms with E-state index < -0.39 is 39.1 Å². The number of rotatable bonds is 4. The second kappa shape index (κ2) is 5.37. The molecule has 0 radical (unpaired) electrons. The molecule has 2 rings (SSSR count). The highest BCUT2D eigenvalue weighted by molar-refractivity contribution is 7.92. The number of nitrogens with one attached hydrogen (secondary N) is 1. The SMILES string of the molecule is O=C(O)c1cc(S(=O)(=O)Nc2cc(F)c(F)c(F)c2)cs1. The minimum absolute atomic E-state index is 0.216. The van der Waals surface area contributed by atoms with Crippen molar-refractivity contribution < 1.29 is 31.5 Å². The molecule has 0 saturated carbocycles. The Kier molecular flexibility index (Phi) is 3.92. The first-order valence-corrected chi connectivity index (χ1v) is 7.56. The quantitative estimate of drug-likeness (QED) is 0.840.